The molecule has 0 atom stereocenters. The zero-order chi connectivity index (χ0) is 14.3. The van der Waals surface area contributed by atoms with Crippen LogP contribution < -0.4 is 5.32 Å². The van der Waals surface area contributed by atoms with E-state index in [1.807, 2.05) is 35.6 Å². The number of nitrogens with two attached hydrogens (primary N) is 1. The molecule has 0 aliphatic carbocycles. The Kier molecular flexibility index (Phi) is 8.55. The van der Waals surface area contributed by atoms with Gasteiger partial charge in [0.05, 0.1) is 11.9 Å². The van der Waals surface area contributed by atoms with Gasteiger partial charge in [0.15, 0.2) is 0 Å². The fraction of sp³-hybridized carbons (Fsp3) is 0.0714. The molecule has 0 saturated carbocycles. The summed E-state index contributed by atoms with van der Waals surface area (Å²) in [7, 11) is 0.137. The number of para-hydroxylation sites is 1. The van der Waals surface area contributed by atoms with E-state index in [0.29, 0.717) is 6.26 Å². The molecule has 2 aromatic carbocycles. The standard InChI is InChI=1S/C13H12N.CH4O3S.Pd/c1-14-13-10-6-5-9-12(13)11-7-3-2-4-8-11;1-5(2,3)4;/h2-7,9-10H,1,14H2;1H3,(H,2,3,4);/q-1;;. The molecule has 6 heteroatoms. The van der Waals surface area contributed by atoms with Gasteiger partial charge in [0.2, 0.25) is 0 Å². The molecule has 4 nitrogen and oxygen atoms in total. The minimum Gasteiger partial charge on any atom is -0.453 e. The molecule has 0 aromatic heterocycles. The van der Waals surface area contributed by atoms with Crippen LogP contribution in [0.15, 0.2) is 48.5 Å². The number of rotatable bonds is 2. The maximum absolute atomic E-state index is 9.19. The zero-order valence-corrected chi connectivity index (χ0v) is 13.3. The Hall–Kier alpha value is -1.03. The largest absolute Gasteiger partial charge is 0.453 e. The first kappa shape index (κ1) is 19.0. The van der Waals surface area contributed by atoms with Crippen molar-refractivity contribution in [1.82, 2.24) is 0 Å². The fourth-order valence-corrected chi connectivity index (χ4v) is 1.48. The molecule has 0 spiro atoms. The van der Waals surface area contributed by atoms with Crippen molar-refractivity contribution in [3.05, 3.63) is 61.6 Å². The summed E-state index contributed by atoms with van der Waals surface area (Å²) in [4.78, 5) is 0. The monoisotopic (exact) mass is 384 g/mol. The third-order valence-electron chi connectivity index (χ3n) is 2.18. The molecular weight excluding hydrogens is 369 g/mol. The second kappa shape index (κ2) is 9.01. The third-order valence-corrected chi connectivity index (χ3v) is 2.18. The van der Waals surface area contributed by atoms with Gasteiger partial charge in [-0.2, -0.15) is 8.42 Å². The topological polar surface area (TPSA) is 71.0 Å². The van der Waals surface area contributed by atoms with Gasteiger partial charge in [-0.15, -0.1) is 42.9 Å². The van der Waals surface area contributed by atoms with Crippen LogP contribution in [-0.4, -0.2) is 19.2 Å². The minimum atomic E-state index is -3.67. The molecule has 0 amide bonds. The fourth-order valence-electron chi connectivity index (χ4n) is 1.48. The van der Waals surface area contributed by atoms with Gasteiger partial charge in [0.25, 0.3) is 10.1 Å². The predicted octanol–water partition coefficient (Wildman–Crippen LogP) is 1.64. The first-order valence-electron chi connectivity index (χ1n) is 5.53. The van der Waals surface area contributed by atoms with E-state index in [-0.39, 0.29) is 20.4 Å². The van der Waals surface area contributed by atoms with Gasteiger partial charge in [0.1, 0.15) is 0 Å². The average Bonchev–Trinajstić information content (AvgIpc) is 2.38. The number of quaternary nitrogens is 1. The molecule has 0 bridgehead atoms. The molecule has 3 N–H and O–H groups in total. The van der Waals surface area contributed by atoms with Gasteiger partial charge in [-0.05, 0) is 11.6 Å². The van der Waals surface area contributed by atoms with E-state index in [0.717, 1.165) is 11.3 Å². The van der Waals surface area contributed by atoms with Crippen molar-refractivity contribution in [2.24, 2.45) is 0 Å². The molecule has 0 unspecified atom stereocenters. The van der Waals surface area contributed by atoms with E-state index < -0.39 is 10.1 Å². The van der Waals surface area contributed by atoms with E-state index in [1.165, 1.54) is 5.56 Å². The van der Waals surface area contributed by atoms with Crippen molar-refractivity contribution >= 4 is 15.8 Å². The Morgan fingerprint density at radius 2 is 1.70 bits per heavy atom. The van der Waals surface area contributed by atoms with Crippen LogP contribution in [0.4, 0.5) is 5.69 Å². The molecule has 112 valence electrons. The summed E-state index contributed by atoms with van der Waals surface area (Å²) in [5, 5.41) is 1.87. The van der Waals surface area contributed by atoms with E-state index in [9.17, 15) is 8.42 Å². The number of hydrogen-bond acceptors (Lipinski definition) is 2. The SMILES string of the molecule is CS(=O)(=O)O.[CH2-][NH2+]c1ccccc1-c1[c-]cccc1.[Pd]. The first-order valence-corrected chi connectivity index (χ1v) is 7.37. The molecule has 0 aliphatic rings. The van der Waals surface area contributed by atoms with E-state index in [2.05, 4.69) is 31.3 Å². The molecule has 0 heterocycles. The normalized spacial score (nSPS) is 9.95. The summed E-state index contributed by atoms with van der Waals surface area (Å²) in [6, 6.07) is 19.4. The summed E-state index contributed by atoms with van der Waals surface area (Å²) in [5.74, 6) is 0. The number of hydrogen-bond donors (Lipinski definition) is 2. The second-order valence-electron chi connectivity index (χ2n) is 3.80. The summed E-state index contributed by atoms with van der Waals surface area (Å²) in [6.07, 6.45) is 0.715. The molecule has 2 aromatic rings. The maximum atomic E-state index is 9.19. The van der Waals surface area contributed by atoms with E-state index in [4.69, 9.17) is 4.55 Å². The van der Waals surface area contributed by atoms with Crippen LogP contribution in [-0.2, 0) is 30.5 Å². The van der Waals surface area contributed by atoms with E-state index >= 15 is 0 Å². The van der Waals surface area contributed by atoms with Crippen LogP contribution in [0, 0.1) is 13.1 Å². The Balaban J connectivity index is 0.000000526. The summed E-state index contributed by atoms with van der Waals surface area (Å²) < 4.78 is 25.9. The molecule has 0 fully saturated rings. The van der Waals surface area contributed by atoms with Crippen LogP contribution in [0.25, 0.3) is 11.1 Å². The Labute approximate surface area is 133 Å². The van der Waals surface area contributed by atoms with Gasteiger partial charge >= 0.3 is 0 Å². The first-order chi connectivity index (χ1) is 8.92. The quantitative estimate of drug-likeness (QED) is 0.358. The Bertz CT molecular complexity index is 607. The van der Waals surface area contributed by atoms with Crippen LogP contribution >= 0.6 is 0 Å². The summed E-state index contributed by atoms with van der Waals surface area (Å²) in [5.41, 5.74) is 3.45. The zero-order valence-electron chi connectivity index (χ0n) is 10.9. The van der Waals surface area contributed by atoms with Crippen molar-refractivity contribution in [2.75, 3.05) is 6.26 Å². The van der Waals surface area contributed by atoms with Gasteiger partial charge in [-0.3, -0.25) is 4.55 Å². The van der Waals surface area contributed by atoms with Crippen LogP contribution in [0.5, 0.6) is 0 Å². The van der Waals surface area contributed by atoms with Crippen LogP contribution in [0.2, 0.25) is 0 Å². The molecule has 20 heavy (non-hydrogen) atoms. The average molecular weight is 385 g/mol. The molecule has 0 radical (unpaired) electrons. The molecular formula is C14H16NO3PdS-. The van der Waals surface area contributed by atoms with Crippen LogP contribution in [0.1, 0.15) is 0 Å². The van der Waals surface area contributed by atoms with Gasteiger partial charge < -0.3 is 5.32 Å². The molecule has 0 saturated heterocycles. The van der Waals surface area contributed by atoms with Crippen molar-refractivity contribution in [3.8, 4) is 11.1 Å². The van der Waals surface area contributed by atoms with Crippen molar-refractivity contribution < 1.29 is 38.7 Å². The smallest absolute Gasteiger partial charge is 0.261 e. The molecule has 0 aliphatic heterocycles. The van der Waals surface area contributed by atoms with Crippen molar-refractivity contribution in [2.45, 2.75) is 0 Å². The van der Waals surface area contributed by atoms with Crippen LogP contribution in [0.3, 0.4) is 0 Å². The minimum absolute atomic E-state index is 0. The second-order valence-corrected chi connectivity index (χ2v) is 5.27. The summed E-state index contributed by atoms with van der Waals surface area (Å²) >= 11 is 0. The van der Waals surface area contributed by atoms with Crippen molar-refractivity contribution in [3.63, 3.8) is 0 Å². The van der Waals surface area contributed by atoms with Crippen molar-refractivity contribution in [1.29, 1.82) is 0 Å². The maximum Gasteiger partial charge on any atom is 0.261 e. The van der Waals surface area contributed by atoms with Gasteiger partial charge in [0, 0.05) is 20.4 Å². The van der Waals surface area contributed by atoms with Gasteiger partial charge in [-0.25, -0.2) is 0 Å². The molecule has 2 rings (SSSR count). The van der Waals surface area contributed by atoms with Gasteiger partial charge in [-0.1, -0.05) is 18.2 Å². The third kappa shape index (κ3) is 7.53. The van der Waals surface area contributed by atoms with E-state index in [1.54, 1.807) is 0 Å². The Morgan fingerprint density at radius 1 is 1.15 bits per heavy atom. The number of benzene rings is 2. The Morgan fingerprint density at radius 3 is 2.20 bits per heavy atom. The summed E-state index contributed by atoms with van der Waals surface area (Å²) in [6.45, 7) is 0. The predicted molar refractivity (Wildman–Crippen MR) is 75.1 cm³/mol.